The lowest BCUT2D eigenvalue weighted by Gasteiger charge is -2.31. The van der Waals surface area contributed by atoms with Gasteiger partial charge in [0.1, 0.15) is 17.7 Å². The number of carbonyl (C=O) groups excluding carboxylic acids is 1. The second-order valence-electron chi connectivity index (χ2n) is 5.62. The fourth-order valence-corrected chi connectivity index (χ4v) is 2.54. The van der Waals surface area contributed by atoms with E-state index in [4.69, 9.17) is 14.7 Å². The molecule has 3 rings (SSSR count). The minimum absolute atomic E-state index is 0.0875. The van der Waals surface area contributed by atoms with Crippen LogP contribution in [0.1, 0.15) is 30.2 Å². The van der Waals surface area contributed by atoms with E-state index < -0.39 is 0 Å². The Hall–Kier alpha value is -2.92. The van der Waals surface area contributed by atoms with Gasteiger partial charge in [-0.15, -0.1) is 0 Å². The second-order valence-corrected chi connectivity index (χ2v) is 5.62. The third-order valence-corrected chi connectivity index (χ3v) is 3.92. The number of rotatable bonds is 5. The molecule has 0 spiro atoms. The molecule has 1 saturated heterocycles. The summed E-state index contributed by atoms with van der Waals surface area (Å²) < 4.78 is 11.2. The molecule has 0 aliphatic carbocycles. The van der Waals surface area contributed by atoms with Crippen LogP contribution in [0.15, 0.2) is 24.3 Å². The summed E-state index contributed by atoms with van der Waals surface area (Å²) in [4.78, 5) is 18.4. The van der Waals surface area contributed by atoms with Crippen molar-refractivity contribution in [1.29, 1.82) is 5.26 Å². The zero-order valence-electron chi connectivity index (χ0n) is 13.9. The SMILES string of the molecule is CCc1nc([C@H]2CN(C(=O)COc3cccc(C#N)c3)CCO2)n[nH]1. The van der Waals surface area contributed by atoms with E-state index in [1.165, 1.54) is 0 Å². The highest BCUT2D eigenvalue weighted by atomic mass is 16.5. The molecule has 8 heteroatoms. The standard InChI is InChI=1S/C17H19N5O3/c1-2-15-19-17(21-20-15)14-10-22(6-7-24-14)16(23)11-25-13-5-3-4-12(8-13)9-18/h3-5,8,14H,2,6-7,10-11H2,1H3,(H,19,20,21)/t14-/m1/s1. The maximum atomic E-state index is 12.4. The first-order valence-corrected chi connectivity index (χ1v) is 8.13. The molecule has 8 nitrogen and oxygen atoms in total. The Morgan fingerprint density at radius 3 is 3.20 bits per heavy atom. The Bertz CT molecular complexity index is 783. The van der Waals surface area contributed by atoms with Gasteiger partial charge in [0.05, 0.1) is 24.8 Å². The minimum Gasteiger partial charge on any atom is -0.484 e. The van der Waals surface area contributed by atoms with Gasteiger partial charge in [0.2, 0.25) is 0 Å². The number of hydrogen-bond donors (Lipinski definition) is 1. The maximum absolute atomic E-state index is 12.4. The van der Waals surface area contributed by atoms with Crippen molar-refractivity contribution in [2.45, 2.75) is 19.4 Å². The van der Waals surface area contributed by atoms with Gasteiger partial charge < -0.3 is 14.4 Å². The summed E-state index contributed by atoms with van der Waals surface area (Å²) in [6.45, 7) is 3.22. The summed E-state index contributed by atoms with van der Waals surface area (Å²) in [5.41, 5.74) is 0.493. The Labute approximate surface area is 145 Å². The predicted molar refractivity (Wildman–Crippen MR) is 87.7 cm³/mol. The van der Waals surface area contributed by atoms with E-state index in [1.54, 1.807) is 29.2 Å². The predicted octanol–water partition coefficient (Wildman–Crippen LogP) is 1.22. The monoisotopic (exact) mass is 341 g/mol. The van der Waals surface area contributed by atoms with Crippen LogP contribution in [-0.4, -0.2) is 52.3 Å². The topological polar surface area (TPSA) is 104 Å². The number of carbonyl (C=O) groups is 1. The number of nitrogens with one attached hydrogen (secondary N) is 1. The molecule has 1 aliphatic heterocycles. The van der Waals surface area contributed by atoms with E-state index in [1.807, 2.05) is 13.0 Å². The number of aromatic amines is 1. The molecule has 0 saturated carbocycles. The second kappa shape index (κ2) is 7.77. The number of ether oxygens (including phenoxy) is 2. The molecule has 25 heavy (non-hydrogen) atoms. The summed E-state index contributed by atoms with van der Waals surface area (Å²) in [6.07, 6.45) is 0.425. The number of amides is 1. The lowest BCUT2D eigenvalue weighted by atomic mass is 10.2. The molecule has 1 atom stereocenters. The van der Waals surface area contributed by atoms with Crippen LogP contribution in [0.3, 0.4) is 0 Å². The molecule has 1 aromatic heterocycles. The lowest BCUT2D eigenvalue weighted by Crippen LogP contribution is -2.44. The molecule has 1 aromatic carbocycles. The Kier molecular flexibility index (Phi) is 5.26. The van der Waals surface area contributed by atoms with Crippen LogP contribution in [0, 0.1) is 11.3 Å². The van der Waals surface area contributed by atoms with Gasteiger partial charge in [-0.3, -0.25) is 9.89 Å². The first-order chi connectivity index (χ1) is 12.2. The minimum atomic E-state index is -0.337. The van der Waals surface area contributed by atoms with Crippen molar-refractivity contribution in [3.63, 3.8) is 0 Å². The normalized spacial score (nSPS) is 17.1. The summed E-state index contributed by atoms with van der Waals surface area (Å²) in [5, 5.41) is 15.9. The van der Waals surface area contributed by atoms with Gasteiger partial charge in [-0.25, -0.2) is 4.98 Å². The van der Waals surface area contributed by atoms with Crippen molar-refractivity contribution in [1.82, 2.24) is 20.1 Å². The highest BCUT2D eigenvalue weighted by Crippen LogP contribution is 2.19. The van der Waals surface area contributed by atoms with Gasteiger partial charge in [-0.05, 0) is 18.2 Å². The molecule has 130 valence electrons. The molecule has 1 fully saturated rings. The first kappa shape index (κ1) is 16.9. The Morgan fingerprint density at radius 1 is 1.56 bits per heavy atom. The van der Waals surface area contributed by atoms with Crippen LogP contribution in [-0.2, 0) is 16.0 Å². The summed E-state index contributed by atoms with van der Waals surface area (Å²) in [6, 6.07) is 8.77. The van der Waals surface area contributed by atoms with Gasteiger partial charge in [-0.2, -0.15) is 10.4 Å². The number of nitrogens with zero attached hydrogens (tertiary/aromatic N) is 4. The lowest BCUT2D eigenvalue weighted by molar-refractivity contribution is -0.141. The quantitative estimate of drug-likeness (QED) is 0.877. The molecule has 2 aromatic rings. The van der Waals surface area contributed by atoms with Gasteiger partial charge >= 0.3 is 0 Å². The third-order valence-electron chi connectivity index (χ3n) is 3.92. The largest absolute Gasteiger partial charge is 0.484 e. The van der Waals surface area contributed by atoms with Crippen molar-refractivity contribution in [2.75, 3.05) is 26.3 Å². The van der Waals surface area contributed by atoms with Crippen LogP contribution in [0.2, 0.25) is 0 Å². The molecular weight excluding hydrogens is 322 g/mol. The summed E-state index contributed by atoms with van der Waals surface area (Å²) in [5.74, 6) is 1.72. The number of morpholine rings is 1. The van der Waals surface area contributed by atoms with Crippen LogP contribution in [0.5, 0.6) is 5.75 Å². The van der Waals surface area contributed by atoms with Crippen molar-refractivity contribution in [3.8, 4) is 11.8 Å². The molecule has 0 radical (unpaired) electrons. The van der Waals surface area contributed by atoms with E-state index in [9.17, 15) is 4.79 Å². The zero-order valence-corrected chi connectivity index (χ0v) is 13.9. The smallest absolute Gasteiger partial charge is 0.260 e. The van der Waals surface area contributed by atoms with Gasteiger partial charge in [-0.1, -0.05) is 13.0 Å². The van der Waals surface area contributed by atoms with E-state index >= 15 is 0 Å². The van der Waals surface area contributed by atoms with Crippen molar-refractivity contribution < 1.29 is 14.3 Å². The molecule has 1 aliphatic rings. The summed E-state index contributed by atoms with van der Waals surface area (Å²) >= 11 is 0. The van der Waals surface area contributed by atoms with Gasteiger partial charge in [0.15, 0.2) is 12.4 Å². The Morgan fingerprint density at radius 2 is 2.44 bits per heavy atom. The van der Waals surface area contributed by atoms with E-state index in [0.29, 0.717) is 36.8 Å². The molecule has 2 heterocycles. The number of benzene rings is 1. The van der Waals surface area contributed by atoms with Gasteiger partial charge in [0.25, 0.3) is 5.91 Å². The fraction of sp³-hybridized carbons (Fsp3) is 0.412. The number of hydrogen-bond acceptors (Lipinski definition) is 6. The molecule has 1 amide bonds. The number of aromatic nitrogens is 3. The number of nitriles is 1. The summed E-state index contributed by atoms with van der Waals surface area (Å²) in [7, 11) is 0. The molecular formula is C17H19N5O3. The highest BCUT2D eigenvalue weighted by Gasteiger charge is 2.28. The zero-order chi connectivity index (χ0) is 17.6. The number of H-pyrrole nitrogens is 1. The average Bonchev–Trinajstić information content (AvgIpc) is 3.15. The fourth-order valence-electron chi connectivity index (χ4n) is 2.54. The van der Waals surface area contributed by atoms with E-state index in [2.05, 4.69) is 15.2 Å². The third kappa shape index (κ3) is 4.14. The van der Waals surface area contributed by atoms with Crippen molar-refractivity contribution in [2.24, 2.45) is 0 Å². The van der Waals surface area contributed by atoms with Gasteiger partial charge in [0, 0.05) is 13.0 Å². The highest BCUT2D eigenvalue weighted by molar-refractivity contribution is 5.78. The van der Waals surface area contributed by atoms with Crippen molar-refractivity contribution in [3.05, 3.63) is 41.5 Å². The first-order valence-electron chi connectivity index (χ1n) is 8.13. The van der Waals surface area contributed by atoms with Crippen LogP contribution >= 0.6 is 0 Å². The Balaban J connectivity index is 1.57. The van der Waals surface area contributed by atoms with Crippen LogP contribution in [0.25, 0.3) is 0 Å². The van der Waals surface area contributed by atoms with E-state index in [-0.39, 0.29) is 18.6 Å². The maximum Gasteiger partial charge on any atom is 0.260 e. The van der Waals surface area contributed by atoms with Crippen LogP contribution in [0.4, 0.5) is 0 Å². The van der Waals surface area contributed by atoms with Crippen LogP contribution < -0.4 is 4.74 Å². The van der Waals surface area contributed by atoms with E-state index in [0.717, 1.165) is 12.2 Å². The molecule has 1 N–H and O–H groups in total. The molecule has 0 bridgehead atoms. The average molecular weight is 341 g/mol. The van der Waals surface area contributed by atoms with Crippen molar-refractivity contribution >= 4 is 5.91 Å². The number of aryl methyl sites for hydroxylation is 1. The molecule has 0 unspecified atom stereocenters.